The number of amides is 1. The van der Waals surface area contributed by atoms with Crippen LogP contribution in [0.5, 0.6) is 5.75 Å². The monoisotopic (exact) mass is 277 g/mol. The molecule has 3 N–H and O–H groups in total. The molecule has 0 bridgehead atoms. The number of carbonyl (C=O) groups is 1. The number of likely N-dealkylation sites (N-methyl/N-ethyl adjacent to an activating group) is 1. The van der Waals surface area contributed by atoms with Crippen molar-refractivity contribution in [3.63, 3.8) is 0 Å². The number of nitrogens with zero attached hydrogens (tertiary/aromatic N) is 1. The summed E-state index contributed by atoms with van der Waals surface area (Å²) in [5.74, 6) is 0.675. The Morgan fingerprint density at radius 2 is 2.15 bits per heavy atom. The summed E-state index contributed by atoms with van der Waals surface area (Å²) in [7, 11) is 2.01. The summed E-state index contributed by atoms with van der Waals surface area (Å²) in [5.41, 5.74) is 7.42. The lowest BCUT2D eigenvalue weighted by molar-refractivity contribution is -0.119. The SMILES string of the molecule is CN1CCOc2ccc(NC(=O)[C@@H](N)C(C)(C)C)cc21. The quantitative estimate of drug-likeness (QED) is 0.865. The number of benzene rings is 1. The number of hydrogen-bond acceptors (Lipinski definition) is 4. The van der Waals surface area contributed by atoms with E-state index < -0.39 is 6.04 Å². The first-order valence-electron chi connectivity index (χ1n) is 6.83. The zero-order valence-electron chi connectivity index (χ0n) is 12.6. The number of rotatable bonds is 2. The number of hydrogen-bond donors (Lipinski definition) is 2. The third-order valence-electron chi connectivity index (χ3n) is 3.54. The zero-order valence-corrected chi connectivity index (χ0v) is 12.6. The summed E-state index contributed by atoms with van der Waals surface area (Å²) in [6.45, 7) is 7.37. The molecular formula is C15H23N3O2. The van der Waals surface area contributed by atoms with Crippen molar-refractivity contribution in [1.29, 1.82) is 0 Å². The van der Waals surface area contributed by atoms with Crippen LogP contribution in [0.25, 0.3) is 0 Å². The Morgan fingerprint density at radius 1 is 1.45 bits per heavy atom. The van der Waals surface area contributed by atoms with E-state index in [1.807, 2.05) is 46.0 Å². The fraction of sp³-hybridized carbons (Fsp3) is 0.533. The van der Waals surface area contributed by atoms with Gasteiger partial charge in [0.25, 0.3) is 0 Å². The van der Waals surface area contributed by atoms with Gasteiger partial charge in [0.1, 0.15) is 12.4 Å². The van der Waals surface area contributed by atoms with E-state index in [1.54, 1.807) is 0 Å². The van der Waals surface area contributed by atoms with Crippen molar-refractivity contribution in [2.75, 3.05) is 30.4 Å². The normalized spacial score (nSPS) is 16.1. The lowest BCUT2D eigenvalue weighted by Crippen LogP contribution is -2.45. The Labute approximate surface area is 120 Å². The van der Waals surface area contributed by atoms with E-state index in [1.165, 1.54) is 0 Å². The molecule has 1 aliphatic rings. The molecule has 0 aromatic heterocycles. The van der Waals surface area contributed by atoms with Crippen LogP contribution >= 0.6 is 0 Å². The number of ether oxygens (including phenoxy) is 1. The van der Waals surface area contributed by atoms with Crippen LogP contribution < -0.4 is 20.7 Å². The molecule has 1 atom stereocenters. The molecule has 110 valence electrons. The van der Waals surface area contributed by atoms with Gasteiger partial charge < -0.3 is 20.7 Å². The topological polar surface area (TPSA) is 67.6 Å². The molecule has 1 aromatic carbocycles. The third-order valence-corrected chi connectivity index (χ3v) is 3.54. The maximum atomic E-state index is 12.1. The van der Waals surface area contributed by atoms with Crippen LogP contribution in [0.3, 0.4) is 0 Å². The van der Waals surface area contributed by atoms with Gasteiger partial charge in [-0.25, -0.2) is 0 Å². The van der Waals surface area contributed by atoms with Crippen molar-refractivity contribution in [2.24, 2.45) is 11.1 Å². The van der Waals surface area contributed by atoms with Gasteiger partial charge in [0.05, 0.1) is 18.3 Å². The lowest BCUT2D eigenvalue weighted by atomic mass is 9.87. The van der Waals surface area contributed by atoms with Crippen molar-refractivity contribution < 1.29 is 9.53 Å². The molecule has 2 rings (SSSR count). The zero-order chi connectivity index (χ0) is 14.9. The Balaban J connectivity index is 2.15. The predicted molar refractivity (Wildman–Crippen MR) is 81.3 cm³/mol. The molecule has 0 radical (unpaired) electrons. The van der Waals surface area contributed by atoms with Crippen LogP contribution in [0.2, 0.25) is 0 Å². The van der Waals surface area contributed by atoms with Crippen molar-refractivity contribution in [3.8, 4) is 5.75 Å². The van der Waals surface area contributed by atoms with Crippen molar-refractivity contribution >= 4 is 17.3 Å². The predicted octanol–water partition coefficient (Wildman–Crippen LogP) is 1.83. The van der Waals surface area contributed by atoms with Gasteiger partial charge in [0.15, 0.2) is 0 Å². The summed E-state index contributed by atoms with van der Waals surface area (Å²) >= 11 is 0. The second-order valence-corrected chi connectivity index (χ2v) is 6.29. The fourth-order valence-corrected chi connectivity index (χ4v) is 2.04. The summed E-state index contributed by atoms with van der Waals surface area (Å²) < 4.78 is 5.58. The van der Waals surface area contributed by atoms with E-state index >= 15 is 0 Å². The van der Waals surface area contributed by atoms with E-state index in [2.05, 4.69) is 10.2 Å². The molecular weight excluding hydrogens is 254 g/mol. The number of carbonyl (C=O) groups excluding carboxylic acids is 1. The van der Waals surface area contributed by atoms with Crippen molar-refractivity contribution in [2.45, 2.75) is 26.8 Å². The highest BCUT2D eigenvalue weighted by Crippen LogP contribution is 2.33. The second-order valence-electron chi connectivity index (χ2n) is 6.29. The average Bonchev–Trinajstić information content (AvgIpc) is 2.37. The van der Waals surface area contributed by atoms with Crippen LogP contribution in [0, 0.1) is 5.41 Å². The van der Waals surface area contributed by atoms with Gasteiger partial charge in [-0.05, 0) is 23.6 Å². The standard InChI is InChI=1S/C15H23N3O2/c1-15(2,3)13(16)14(19)17-10-5-6-12-11(9-10)18(4)7-8-20-12/h5-6,9,13H,7-8,16H2,1-4H3,(H,17,19)/t13-/m1/s1. The average molecular weight is 277 g/mol. The van der Waals surface area contributed by atoms with Crippen LogP contribution in [0.4, 0.5) is 11.4 Å². The summed E-state index contributed by atoms with van der Waals surface area (Å²) in [6, 6.07) is 5.09. The Hall–Kier alpha value is -1.75. The number of nitrogens with two attached hydrogens (primary N) is 1. The van der Waals surface area contributed by atoms with Gasteiger partial charge in [0.2, 0.25) is 5.91 Å². The van der Waals surface area contributed by atoms with Crippen molar-refractivity contribution in [3.05, 3.63) is 18.2 Å². The summed E-state index contributed by atoms with van der Waals surface area (Å²) in [4.78, 5) is 14.2. The van der Waals surface area contributed by atoms with E-state index in [4.69, 9.17) is 10.5 Å². The highest BCUT2D eigenvalue weighted by atomic mass is 16.5. The first kappa shape index (κ1) is 14.7. The van der Waals surface area contributed by atoms with E-state index in [-0.39, 0.29) is 11.3 Å². The van der Waals surface area contributed by atoms with Gasteiger partial charge in [-0.1, -0.05) is 20.8 Å². The largest absolute Gasteiger partial charge is 0.490 e. The smallest absolute Gasteiger partial charge is 0.241 e. The van der Waals surface area contributed by atoms with Gasteiger partial charge in [-0.15, -0.1) is 0 Å². The molecule has 0 saturated carbocycles. The number of anilines is 2. The molecule has 20 heavy (non-hydrogen) atoms. The lowest BCUT2D eigenvalue weighted by Gasteiger charge is -2.29. The maximum Gasteiger partial charge on any atom is 0.241 e. The molecule has 5 heteroatoms. The Morgan fingerprint density at radius 3 is 2.80 bits per heavy atom. The van der Waals surface area contributed by atoms with Crippen LogP contribution in [0.15, 0.2) is 18.2 Å². The number of fused-ring (bicyclic) bond motifs is 1. The van der Waals surface area contributed by atoms with Crippen molar-refractivity contribution in [1.82, 2.24) is 0 Å². The minimum atomic E-state index is -0.549. The van der Waals surface area contributed by atoms with E-state index in [0.29, 0.717) is 6.61 Å². The number of nitrogens with one attached hydrogen (secondary N) is 1. The first-order valence-corrected chi connectivity index (χ1v) is 6.83. The molecule has 0 unspecified atom stereocenters. The minimum absolute atomic E-state index is 0.170. The van der Waals surface area contributed by atoms with Gasteiger partial charge in [-0.3, -0.25) is 4.79 Å². The Kier molecular flexibility index (Phi) is 3.90. The molecule has 1 heterocycles. The second kappa shape index (κ2) is 5.32. The molecule has 1 amide bonds. The molecule has 0 saturated heterocycles. The highest BCUT2D eigenvalue weighted by molar-refractivity contribution is 5.95. The molecule has 5 nitrogen and oxygen atoms in total. The van der Waals surface area contributed by atoms with Crippen LogP contribution in [-0.4, -0.2) is 32.1 Å². The minimum Gasteiger partial charge on any atom is -0.490 e. The third kappa shape index (κ3) is 3.04. The molecule has 1 aromatic rings. The van der Waals surface area contributed by atoms with Crippen LogP contribution in [0.1, 0.15) is 20.8 Å². The van der Waals surface area contributed by atoms with Gasteiger partial charge >= 0.3 is 0 Å². The Bertz CT molecular complexity index is 508. The van der Waals surface area contributed by atoms with Crippen LogP contribution in [-0.2, 0) is 4.79 Å². The highest BCUT2D eigenvalue weighted by Gasteiger charge is 2.27. The molecule has 0 aliphatic carbocycles. The molecule has 0 spiro atoms. The van der Waals surface area contributed by atoms with E-state index in [9.17, 15) is 4.79 Å². The summed E-state index contributed by atoms with van der Waals surface area (Å²) in [6.07, 6.45) is 0. The van der Waals surface area contributed by atoms with Gasteiger partial charge in [0, 0.05) is 12.7 Å². The maximum absolute atomic E-state index is 12.1. The fourth-order valence-electron chi connectivity index (χ4n) is 2.04. The first-order chi connectivity index (χ1) is 9.29. The molecule has 1 aliphatic heterocycles. The molecule has 0 fully saturated rings. The summed E-state index contributed by atoms with van der Waals surface area (Å²) in [5, 5.41) is 2.87. The van der Waals surface area contributed by atoms with Gasteiger partial charge in [-0.2, -0.15) is 0 Å². The van der Waals surface area contributed by atoms with E-state index in [0.717, 1.165) is 23.7 Å².